The van der Waals surface area contributed by atoms with Crippen molar-refractivity contribution in [2.75, 3.05) is 17.8 Å². The first-order chi connectivity index (χ1) is 8.47. The van der Waals surface area contributed by atoms with Crippen LogP contribution in [-0.2, 0) is 21.1 Å². The number of carboxylic acids is 1. The SMILES string of the molecule is CSCCS(=O)(=O)C(Cc1ccccc1)C(=O)O. The highest BCUT2D eigenvalue weighted by molar-refractivity contribution is 8.00. The van der Waals surface area contributed by atoms with E-state index >= 15 is 0 Å². The summed E-state index contributed by atoms with van der Waals surface area (Å²) >= 11 is 1.39. The molecule has 100 valence electrons. The summed E-state index contributed by atoms with van der Waals surface area (Å²) in [5, 5.41) is 7.73. The Bertz CT molecular complexity index is 482. The number of sulfone groups is 1. The fourth-order valence-corrected chi connectivity index (χ4v) is 4.17. The van der Waals surface area contributed by atoms with Crippen molar-refractivity contribution in [3.63, 3.8) is 0 Å². The minimum absolute atomic E-state index is 0.0207. The molecule has 1 rings (SSSR count). The van der Waals surface area contributed by atoms with Crippen LogP contribution in [0.4, 0.5) is 0 Å². The van der Waals surface area contributed by atoms with Gasteiger partial charge in [-0.3, -0.25) is 4.79 Å². The average molecular weight is 288 g/mol. The molecule has 0 spiro atoms. The van der Waals surface area contributed by atoms with Crippen molar-refractivity contribution in [3.05, 3.63) is 35.9 Å². The van der Waals surface area contributed by atoms with Crippen molar-refractivity contribution in [3.8, 4) is 0 Å². The van der Waals surface area contributed by atoms with E-state index in [1.807, 2.05) is 6.07 Å². The number of hydrogen-bond donors (Lipinski definition) is 1. The second-order valence-electron chi connectivity index (χ2n) is 3.88. The lowest BCUT2D eigenvalue weighted by Gasteiger charge is -2.13. The Hall–Kier alpha value is -1.01. The van der Waals surface area contributed by atoms with Crippen LogP contribution >= 0.6 is 11.8 Å². The summed E-state index contributed by atoms with van der Waals surface area (Å²) < 4.78 is 23.9. The molecule has 0 aromatic heterocycles. The van der Waals surface area contributed by atoms with E-state index in [-0.39, 0.29) is 12.2 Å². The van der Waals surface area contributed by atoms with Crippen molar-refractivity contribution >= 4 is 27.6 Å². The molecule has 1 atom stereocenters. The molecular weight excluding hydrogens is 272 g/mol. The van der Waals surface area contributed by atoms with Crippen LogP contribution in [-0.4, -0.2) is 42.5 Å². The number of carbonyl (C=O) groups is 1. The van der Waals surface area contributed by atoms with E-state index in [9.17, 15) is 13.2 Å². The Kier molecular flexibility index (Phi) is 5.68. The van der Waals surface area contributed by atoms with Crippen LogP contribution in [0.25, 0.3) is 0 Å². The maximum absolute atomic E-state index is 11.9. The molecular formula is C12H16O4S2. The van der Waals surface area contributed by atoms with Crippen molar-refractivity contribution in [2.24, 2.45) is 0 Å². The van der Waals surface area contributed by atoms with Gasteiger partial charge in [-0.15, -0.1) is 0 Å². The molecule has 0 heterocycles. The smallest absolute Gasteiger partial charge is 0.322 e. The van der Waals surface area contributed by atoms with Crippen LogP contribution in [0.5, 0.6) is 0 Å². The first-order valence-electron chi connectivity index (χ1n) is 5.44. The van der Waals surface area contributed by atoms with Crippen LogP contribution in [0, 0.1) is 0 Å². The first kappa shape index (κ1) is 15.0. The predicted octanol–water partition coefficient (Wildman–Crippen LogP) is 1.46. The molecule has 0 saturated heterocycles. The van der Waals surface area contributed by atoms with Gasteiger partial charge in [0, 0.05) is 5.75 Å². The van der Waals surface area contributed by atoms with Crippen molar-refractivity contribution in [1.82, 2.24) is 0 Å². The van der Waals surface area contributed by atoms with Gasteiger partial charge < -0.3 is 5.11 Å². The van der Waals surface area contributed by atoms with Gasteiger partial charge in [-0.25, -0.2) is 8.42 Å². The van der Waals surface area contributed by atoms with Gasteiger partial charge in [0.05, 0.1) is 5.75 Å². The number of hydrogen-bond acceptors (Lipinski definition) is 4. The van der Waals surface area contributed by atoms with Crippen LogP contribution in [0.2, 0.25) is 0 Å². The van der Waals surface area contributed by atoms with E-state index < -0.39 is 21.1 Å². The highest BCUT2D eigenvalue weighted by Crippen LogP contribution is 2.13. The second-order valence-corrected chi connectivity index (χ2v) is 7.16. The van der Waals surface area contributed by atoms with Crippen LogP contribution < -0.4 is 0 Å². The van der Waals surface area contributed by atoms with Crippen molar-refractivity contribution in [1.29, 1.82) is 0 Å². The molecule has 0 aliphatic carbocycles. The lowest BCUT2D eigenvalue weighted by molar-refractivity contribution is -0.136. The molecule has 1 unspecified atom stereocenters. The van der Waals surface area contributed by atoms with E-state index in [2.05, 4.69) is 0 Å². The molecule has 18 heavy (non-hydrogen) atoms. The monoisotopic (exact) mass is 288 g/mol. The van der Waals surface area contributed by atoms with Gasteiger partial charge in [0.2, 0.25) is 0 Å². The van der Waals surface area contributed by atoms with E-state index in [4.69, 9.17) is 5.11 Å². The summed E-state index contributed by atoms with van der Waals surface area (Å²) in [4.78, 5) is 11.1. The van der Waals surface area contributed by atoms with E-state index in [1.54, 1.807) is 30.5 Å². The zero-order chi connectivity index (χ0) is 13.6. The van der Waals surface area contributed by atoms with E-state index in [0.29, 0.717) is 5.75 Å². The lowest BCUT2D eigenvalue weighted by Crippen LogP contribution is -2.34. The number of benzene rings is 1. The third kappa shape index (κ3) is 4.34. The number of aliphatic carboxylic acids is 1. The van der Waals surface area contributed by atoms with Crippen molar-refractivity contribution < 1.29 is 18.3 Å². The summed E-state index contributed by atoms with van der Waals surface area (Å²) in [7, 11) is -3.60. The lowest BCUT2D eigenvalue weighted by atomic mass is 10.1. The Morgan fingerprint density at radius 1 is 1.33 bits per heavy atom. The molecule has 0 radical (unpaired) electrons. The Morgan fingerprint density at radius 3 is 2.44 bits per heavy atom. The zero-order valence-corrected chi connectivity index (χ0v) is 11.7. The quantitative estimate of drug-likeness (QED) is 0.822. The van der Waals surface area contributed by atoms with E-state index in [1.165, 1.54) is 11.8 Å². The van der Waals surface area contributed by atoms with Gasteiger partial charge in [0.15, 0.2) is 15.1 Å². The Labute approximate surface area is 111 Å². The molecule has 4 nitrogen and oxygen atoms in total. The Balaban J connectivity index is 2.87. The third-order valence-corrected chi connectivity index (χ3v) is 5.42. The van der Waals surface area contributed by atoms with Gasteiger partial charge in [0.1, 0.15) is 0 Å². The maximum atomic E-state index is 11.9. The molecule has 1 N–H and O–H groups in total. The molecule has 0 aliphatic heterocycles. The van der Waals surface area contributed by atoms with Gasteiger partial charge >= 0.3 is 5.97 Å². The molecule has 1 aromatic rings. The summed E-state index contributed by atoms with van der Waals surface area (Å²) in [5.74, 6) is -0.959. The summed E-state index contributed by atoms with van der Waals surface area (Å²) in [6.07, 6.45) is 1.81. The minimum atomic E-state index is -3.60. The number of carboxylic acid groups (broad SMARTS) is 1. The second kappa shape index (κ2) is 6.80. The predicted molar refractivity (Wildman–Crippen MR) is 73.7 cm³/mol. The van der Waals surface area contributed by atoms with Crippen LogP contribution in [0.1, 0.15) is 5.56 Å². The normalized spacial score (nSPS) is 13.2. The van der Waals surface area contributed by atoms with Gasteiger partial charge in [-0.1, -0.05) is 30.3 Å². The van der Waals surface area contributed by atoms with E-state index in [0.717, 1.165) is 5.56 Å². The molecule has 0 bridgehead atoms. The Morgan fingerprint density at radius 2 is 1.94 bits per heavy atom. The standard InChI is InChI=1S/C12H16O4S2/c1-17-7-8-18(15,16)11(12(13)14)9-10-5-3-2-4-6-10/h2-6,11H,7-9H2,1H3,(H,13,14). The number of rotatable bonds is 7. The minimum Gasteiger partial charge on any atom is -0.480 e. The molecule has 0 saturated carbocycles. The van der Waals surface area contributed by atoms with Crippen LogP contribution in [0.15, 0.2) is 30.3 Å². The zero-order valence-electron chi connectivity index (χ0n) is 10.1. The van der Waals surface area contributed by atoms with Crippen LogP contribution in [0.3, 0.4) is 0 Å². The van der Waals surface area contributed by atoms with Gasteiger partial charge in [0.25, 0.3) is 0 Å². The fourth-order valence-electron chi connectivity index (χ4n) is 1.54. The summed E-state index contributed by atoms with van der Waals surface area (Å²) in [6, 6.07) is 8.81. The fraction of sp³-hybridized carbons (Fsp3) is 0.417. The van der Waals surface area contributed by atoms with Gasteiger partial charge in [-0.05, 0) is 18.2 Å². The number of thioether (sulfide) groups is 1. The topological polar surface area (TPSA) is 71.4 Å². The first-order valence-corrected chi connectivity index (χ1v) is 8.55. The molecule has 1 aromatic carbocycles. The molecule has 0 aliphatic rings. The summed E-state index contributed by atoms with van der Waals surface area (Å²) in [6.45, 7) is 0. The molecule has 0 amide bonds. The van der Waals surface area contributed by atoms with Gasteiger partial charge in [-0.2, -0.15) is 11.8 Å². The average Bonchev–Trinajstić information content (AvgIpc) is 2.34. The largest absolute Gasteiger partial charge is 0.480 e. The third-order valence-electron chi connectivity index (χ3n) is 2.54. The highest BCUT2D eigenvalue weighted by Gasteiger charge is 2.31. The maximum Gasteiger partial charge on any atom is 0.322 e. The highest BCUT2D eigenvalue weighted by atomic mass is 32.2. The molecule has 0 fully saturated rings. The summed E-state index contributed by atoms with van der Waals surface area (Å²) in [5.41, 5.74) is 0.720. The van der Waals surface area contributed by atoms with Crippen molar-refractivity contribution in [2.45, 2.75) is 11.7 Å². The molecule has 6 heteroatoms.